The molecule has 0 aliphatic carbocycles. The third-order valence-corrected chi connectivity index (χ3v) is 4.94. The minimum Gasteiger partial charge on any atom is -0.308 e. The number of hydrogen-bond acceptors (Lipinski definition) is 3. The van der Waals surface area contributed by atoms with Crippen molar-refractivity contribution >= 4 is 0 Å². The Morgan fingerprint density at radius 2 is 2.06 bits per heavy atom. The van der Waals surface area contributed by atoms with Gasteiger partial charge in [-0.1, -0.05) is 0 Å². The van der Waals surface area contributed by atoms with Crippen LogP contribution in [-0.2, 0) is 0 Å². The maximum Gasteiger partial charge on any atom is 0.0250 e. The fourth-order valence-corrected chi connectivity index (χ4v) is 3.89. The van der Waals surface area contributed by atoms with Crippen LogP contribution in [0, 0.1) is 0 Å². The molecule has 3 heterocycles. The molecule has 0 saturated carbocycles. The first-order valence-corrected chi connectivity index (χ1v) is 6.94. The van der Waals surface area contributed by atoms with Gasteiger partial charge in [0.15, 0.2) is 0 Å². The van der Waals surface area contributed by atoms with Gasteiger partial charge in [-0.2, -0.15) is 0 Å². The van der Waals surface area contributed by atoms with Crippen molar-refractivity contribution in [2.24, 2.45) is 0 Å². The van der Waals surface area contributed by atoms with E-state index in [-0.39, 0.29) is 0 Å². The Bertz CT molecular complexity index is 246. The molecule has 4 unspecified atom stereocenters. The van der Waals surface area contributed by atoms with Crippen LogP contribution in [0.25, 0.3) is 0 Å². The van der Waals surface area contributed by atoms with E-state index >= 15 is 0 Å². The van der Waals surface area contributed by atoms with Crippen LogP contribution in [0.1, 0.15) is 32.6 Å². The molecule has 3 nitrogen and oxygen atoms in total. The smallest absolute Gasteiger partial charge is 0.0250 e. The number of hydrogen-bond donors (Lipinski definition) is 1. The van der Waals surface area contributed by atoms with Crippen molar-refractivity contribution in [3.63, 3.8) is 0 Å². The SMILES string of the molecule is CC1CC(NC2CCN3CCCC23)CN1C. The van der Waals surface area contributed by atoms with E-state index in [0.29, 0.717) is 0 Å². The fourth-order valence-electron chi connectivity index (χ4n) is 3.89. The third-order valence-electron chi connectivity index (χ3n) is 4.94. The molecule has 3 heteroatoms. The predicted octanol–water partition coefficient (Wildman–Crippen LogP) is 0.905. The summed E-state index contributed by atoms with van der Waals surface area (Å²) >= 11 is 0. The van der Waals surface area contributed by atoms with Crippen molar-refractivity contribution in [1.29, 1.82) is 0 Å². The Morgan fingerprint density at radius 1 is 1.19 bits per heavy atom. The molecular weight excluding hydrogens is 198 g/mol. The van der Waals surface area contributed by atoms with Gasteiger partial charge in [-0.3, -0.25) is 4.90 Å². The lowest BCUT2D eigenvalue weighted by Gasteiger charge is -2.24. The van der Waals surface area contributed by atoms with Gasteiger partial charge in [0.25, 0.3) is 0 Å². The van der Waals surface area contributed by atoms with Crippen LogP contribution in [0.15, 0.2) is 0 Å². The molecular formula is C13H25N3. The Morgan fingerprint density at radius 3 is 2.81 bits per heavy atom. The second kappa shape index (κ2) is 4.28. The molecule has 4 atom stereocenters. The summed E-state index contributed by atoms with van der Waals surface area (Å²) in [5.41, 5.74) is 0. The van der Waals surface area contributed by atoms with Gasteiger partial charge in [0, 0.05) is 37.3 Å². The first-order chi connectivity index (χ1) is 7.74. The molecule has 3 rings (SSSR count). The van der Waals surface area contributed by atoms with Crippen molar-refractivity contribution in [3.8, 4) is 0 Å². The zero-order valence-electron chi connectivity index (χ0n) is 10.7. The molecule has 0 aromatic heterocycles. The van der Waals surface area contributed by atoms with Crippen molar-refractivity contribution in [3.05, 3.63) is 0 Å². The van der Waals surface area contributed by atoms with Crippen LogP contribution in [0.2, 0.25) is 0 Å². The molecule has 0 aromatic rings. The van der Waals surface area contributed by atoms with Gasteiger partial charge in [-0.25, -0.2) is 0 Å². The quantitative estimate of drug-likeness (QED) is 0.750. The van der Waals surface area contributed by atoms with E-state index in [2.05, 4.69) is 29.1 Å². The molecule has 16 heavy (non-hydrogen) atoms. The van der Waals surface area contributed by atoms with Crippen molar-refractivity contribution in [2.75, 3.05) is 26.7 Å². The summed E-state index contributed by atoms with van der Waals surface area (Å²) < 4.78 is 0. The van der Waals surface area contributed by atoms with E-state index in [1.807, 2.05) is 0 Å². The molecule has 0 aromatic carbocycles. The maximum atomic E-state index is 3.93. The van der Waals surface area contributed by atoms with Crippen molar-refractivity contribution < 1.29 is 0 Å². The summed E-state index contributed by atoms with van der Waals surface area (Å²) in [6.45, 7) is 6.27. The van der Waals surface area contributed by atoms with E-state index in [1.165, 1.54) is 45.3 Å². The third kappa shape index (κ3) is 1.89. The number of nitrogens with one attached hydrogen (secondary N) is 1. The molecule has 3 aliphatic heterocycles. The van der Waals surface area contributed by atoms with Gasteiger partial charge in [0.1, 0.15) is 0 Å². The zero-order chi connectivity index (χ0) is 11.1. The highest BCUT2D eigenvalue weighted by Gasteiger charge is 2.39. The highest BCUT2D eigenvalue weighted by Crippen LogP contribution is 2.29. The van der Waals surface area contributed by atoms with Gasteiger partial charge in [0.2, 0.25) is 0 Å². The Balaban J connectivity index is 1.55. The van der Waals surface area contributed by atoms with E-state index in [9.17, 15) is 0 Å². The van der Waals surface area contributed by atoms with Gasteiger partial charge in [-0.15, -0.1) is 0 Å². The average Bonchev–Trinajstić information content (AvgIpc) is 2.88. The monoisotopic (exact) mass is 223 g/mol. The summed E-state index contributed by atoms with van der Waals surface area (Å²) in [7, 11) is 2.25. The summed E-state index contributed by atoms with van der Waals surface area (Å²) in [5.74, 6) is 0. The molecule has 3 fully saturated rings. The molecule has 0 bridgehead atoms. The first kappa shape index (κ1) is 11.0. The van der Waals surface area contributed by atoms with Crippen molar-refractivity contribution in [2.45, 2.75) is 56.8 Å². The van der Waals surface area contributed by atoms with E-state index < -0.39 is 0 Å². The lowest BCUT2D eigenvalue weighted by molar-refractivity contribution is 0.285. The van der Waals surface area contributed by atoms with Crippen LogP contribution >= 0.6 is 0 Å². The summed E-state index contributed by atoms with van der Waals surface area (Å²) in [5, 5.41) is 3.93. The lowest BCUT2D eigenvalue weighted by Crippen LogP contribution is -2.45. The van der Waals surface area contributed by atoms with E-state index in [0.717, 1.165) is 24.2 Å². The van der Waals surface area contributed by atoms with E-state index in [1.54, 1.807) is 0 Å². The minimum absolute atomic E-state index is 0.741. The standard InChI is InChI=1S/C13H25N3/c1-10-8-11(9-15(10)2)14-12-5-7-16-6-3-4-13(12)16/h10-14H,3-9H2,1-2H3. The Kier molecular flexibility index (Phi) is 2.94. The zero-order valence-corrected chi connectivity index (χ0v) is 10.7. The fraction of sp³-hybridized carbons (Fsp3) is 1.00. The largest absolute Gasteiger partial charge is 0.308 e. The molecule has 92 valence electrons. The number of fused-ring (bicyclic) bond motifs is 1. The average molecular weight is 223 g/mol. The highest BCUT2D eigenvalue weighted by atomic mass is 15.3. The van der Waals surface area contributed by atoms with Crippen LogP contribution in [0.4, 0.5) is 0 Å². The maximum absolute atomic E-state index is 3.93. The highest BCUT2D eigenvalue weighted by molar-refractivity contribution is 4.98. The van der Waals surface area contributed by atoms with Gasteiger partial charge >= 0.3 is 0 Å². The topological polar surface area (TPSA) is 18.5 Å². The number of rotatable bonds is 2. The predicted molar refractivity (Wildman–Crippen MR) is 66.6 cm³/mol. The summed E-state index contributed by atoms with van der Waals surface area (Å²) in [6.07, 6.45) is 5.55. The first-order valence-electron chi connectivity index (χ1n) is 6.94. The molecule has 3 saturated heterocycles. The second-order valence-electron chi connectivity index (χ2n) is 6.03. The molecule has 0 radical (unpaired) electrons. The summed E-state index contributed by atoms with van der Waals surface area (Å²) in [6, 6.07) is 3.15. The number of nitrogens with zero attached hydrogens (tertiary/aromatic N) is 2. The molecule has 1 N–H and O–H groups in total. The van der Waals surface area contributed by atoms with Crippen LogP contribution in [0.3, 0.4) is 0 Å². The second-order valence-corrected chi connectivity index (χ2v) is 6.03. The Hall–Kier alpha value is -0.120. The Labute approximate surface area is 99.2 Å². The normalized spacial score (nSPS) is 45.4. The molecule has 0 spiro atoms. The number of likely N-dealkylation sites (tertiary alicyclic amines) is 1. The van der Waals surface area contributed by atoms with Crippen molar-refractivity contribution in [1.82, 2.24) is 15.1 Å². The minimum atomic E-state index is 0.741. The van der Waals surface area contributed by atoms with Crippen LogP contribution in [0.5, 0.6) is 0 Å². The van der Waals surface area contributed by atoms with Crippen LogP contribution < -0.4 is 5.32 Å². The van der Waals surface area contributed by atoms with Gasteiger partial charge < -0.3 is 10.2 Å². The van der Waals surface area contributed by atoms with Gasteiger partial charge in [-0.05, 0) is 46.2 Å². The molecule has 3 aliphatic rings. The van der Waals surface area contributed by atoms with Crippen LogP contribution in [-0.4, -0.2) is 60.6 Å². The molecule has 0 amide bonds. The van der Waals surface area contributed by atoms with Gasteiger partial charge in [0.05, 0.1) is 0 Å². The summed E-state index contributed by atoms with van der Waals surface area (Å²) in [4.78, 5) is 5.18. The van der Waals surface area contributed by atoms with E-state index in [4.69, 9.17) is 0 Å². The number of likely N-dealkylation sites (N-methyl/N-ethyl adjacent to an activating group) is 1. The lowest BCUT2D eigenvalue weighted by atomic mass is 10.0.